The molecule has 1 aromatic rings. The molecule has 1 fully saturated rings. The van der Waals surface area contributed by atoms with Crippen molar-refractivity contribution in [1.82, 2.24) is 4.57 Å². The molecule has 0 amide bonds. The number of hydrogen-bond donors (Lipinski definition) is 0. The first-order valence-corrected chi connectivity index (χ1v) is 8.95. The quantitative estimate of drug-likeness (QED) is 0.755. The largest absolute Gasteiger partial charge is 0.399 e. The van der Waals surface area contributed by atoms with Crippen molar-refractivity contribution >= 4 is 14.6 Å². The van der Waals surface area contributed by atoms with Gasteiger partial charge in [-0.05, 0) is 43.8 Å². The molecule has 0 bridgehead atoms. The lowest BCUT2D eigenvalue weighted by Gasteiger charge is -2.31. The molecule has 1 atom stereocenters. The summed E-state index contributed by atoms with van der Waals surface area (Å²) in [6, 6.07) is 11.7. The van der Waals surface area contributed by atoms with Gasteiger partial charge in [-0.25, -0.2) is 0 Å². The van der Waals surface area contributed by atoms with Crippen molar-refractivity contribution in [2.24, 2.45) is 0 Å². The zero-order valence-corrected chi connectivity index (χ0v) is 11.7. The van der Waals surface area contributed by atoms with Crippen LogP contribution < -0.4 is 0 Å². The molecule has 1 saturated heterocycles. The van der Waals surface area contributed by atoms with Crippen LogP contribution in [0.3, 0.4) is 0 Å². The van der Waals surface area contributed by atoms with Gasteiger partial charge in [-0.1, -0.05) is 30.3 Å². The third-order valence-electron chi connectivity index (χ3n) is 3.35. The second-order valence-electron chi connectivity index (χ2n) is 4.63. The van der Waals surface area contributed by atoms with Gasteiger partial charge in [0, 0.05) is 13.2 Å². The molecule has 0 aromatic heterocycles. The first kappa shape index (κ1) is 12.4. The maximum Gasteiger partial charge on any atom is 0.297 e. The monoisotopic (exact) mass is 247 g/mol. The van der Waals surface area contributed by atoms with Crippen LogP contribution in [0.1, 0.15) is 18.9 Å². The Balaban J connectivity index is 2.05. The predicted octanol–water partition coefficient (Wildman–Crippen LogP) is 3.47. The zero-order chi connectivity index (χ0) is 12.1. The van der Waals surface area contributed by atoms with E-state index in [9.17, 15) is 0 Å². The van der Waals surface area contributed by atoms with Gasteiger partial charge < -0.3 is 8.99 Å². The second-order valence-corrected chi connectivity index (χ2v) is 8.34. The van der Waals surface area contributed by atoms with Gasteiger partial charge in [0.25, 0.3) is 8.48 Å². The summed E-state index contributed by atoms with van der Waals surface area (Å²) in [4.78, 5) is 0. The third kappa shape index (κ3) is 2.99. The minimum Gasteiger partial charge on any atom is -0.399 e. The lowest BCUT2D eigenvalue weighted by Crippen LogP contribution is -2.45. The summed E-state index contributed by atoms with van der Waals surface area (Å²) < 4.78 is 8.45. The molecular weight excluding hydrogens is 226 g/mol. The highest BCUT2D eigenvalue weighted by atomic mass is 28.4. The number of rotatable bonds is 4. The lowest BCUT2D eigenvalue weighted by atomic mass is 10.2. The van der Waals surface area contributed by atoms with Gasteiger partial charge in [-0.2, -0.15) is 0 Å². The van der Waals surface area contributed by atoms with Gasteiger partial charge in [0.15, 0.2) is 0 Å². The molecular formula is C14H21NOSi. The SMILES string of the molecule is CCO[Si]1(C)CCCN1C=Cc1ccccc1. The molecule has 1 aliphatic rings. The third-order valence-corrected chi connectivity index (χ3v) is 7.13. The van der Waals surface area contributed by atoms with Gasteiger partial charge in [0.1, 0.15) is 0 Å². The highest BCUT2D eigenvalue weighted by Crippen LogP contribution is 2.27. The van der Waals surface area contributed by atoms with Crippen LogP contribution in [0.2, 0.25) is 12.6 Å². The van der Waals surface area contributed by atoms with E-state index in [4.69, 9.17) is 4.43 Å². The number of nitrogens with zero attached hydrogens (tertiary/aromatic N) is 1. The summed E-state index contributed by atoms with van der Waals surface area (Å²) in [7, 11) is -1.62. The average Bonchev–Trinajstić information content (AvgIpc) is 2.70. The van der Waals surface area contributed by atoms with Crippen molar-refractivity contribution in [2.75, 3.05) is 13.2 Å². The maximum absolute atomic E-state index is 6.00. The Morgan fingerprint density at radius 3 is 2.82 bits per heavy atom. The van der Waals surface area contributed by atoms with Crippen molar-refractivity contribution in [3.63, 3.8) is 0 Å². The molecule has 1 heterocycles. The van der Waals surface area contributed by atoms with E-state index in [-0.39, 0.29) is 0 Å². The fourth-order valence-corrected chi connectivity index (χ4v) is 5.45. The molecule has 1 aromatic carbocycles. The molecule has 17 heavy (non-hydrogen) atoms. The standard InChI is InChI=1S/C14H21NOSi/c1-3-16-17(2)13-7-11-15(17)12-10-14-8-5-4-6-9-14/h4-6,8-10,12H,3,7,11,13H2,1-2H3. The van der Waals surface area contributed by atoms with Crippen LogP contribution in [0, 0.1) is 0 Å². The Hall–Kier alpha value is -1.06. The molecule has 0 saturated carbocycles. The molecule has 0 aliphatic carbocycles. The van der Waals surface area contributed by atoms with Crippen LogP contribution in [0.25, 0.3) is 6.08 Å². The molecule has 2 rings (SSSR count). The summed E-state index contributed by atoms with van der Waals surface area (Å²) in [5.41, 5.74) is 1.26. The minimum absolute atomic E-state index is 0.832. The first-order valence-electron chi connectivity index (χ1n) is 6.38. The average molecular weight is 247 g/mol. The Labute approximate surface area is 105 Å². The molecule has 0 radical (unpaired) electrons. The van der Waals surface area contributed by atoms with Crippen molar-refractivity contribution in [2.45, 2.75) is 25.9 Å². The first-order chi connectivity index (χ1) is 8.24. The van der Waals surface area contributed by atoms with Gasteiger partial charge in [-0.15, -0.1) is 0 Å². The van der Waals surface area contributed by atoms with Crippen molar-refractivity contribution in [3.05, 3.63) is 42.1 Å². The molecule has 0 spiro atoms. The molecule has 1 aliphatic heterocycles. The fourth-order valence-electron chi connectivity index (χ4n) is 2.40. The van der Waals surface area contributed by atoms with Crippen LogP contribution in [0.4, 0.5) is 0 Å². The van der Waals surface area contributed by atoms with Crippen LogP contribution in [0.5, 0.6) is 0 Å². The topological polar surface area (TPSA) is 12.5 Å². The van der Waals surface area contributed by atoms with Gasteiger partial charge >= 0.3 is 0 Å². The van der Waals surface area contributed by atoms with Crippen LogP contribution in [-0.4, -0.2) is 26.2 Å². The van der Waals surface area contributed by atoms with E-state index in [1.807, 2.05) is 6.07 Å². The van der Waals surface area contributed by atoms with Gasteiger partial charge in [0.05, 0.1) is 0 Å². The van der Waals surface area contributed by atoms with E-state index in [0.717, 1.165) is 13.2 Å². The Morgan fingerprint density at radius 2 is 2.12 bits per heavy atom. The van der Waals surface area contributed by atoms with Crippen LogP contribution in [0.15, 0.2) is 36.5 Å². The van der Waals surface area contributed by atoms with E-state index in [1.54, 1.807) is 0 Å². The molecule has 1 unspecified atom stereocenters. The van der Waals surface area contributed by atoms with E-state index >= 15 is 0 Å². The number of hydrogen-bond acceptors (Lipinski definition) is 2. The van der Waals surface area contributed by atoms with Crippen molar-refractivity contribution in [3.8, 4) is 0 Å². The summed E-state index contributed by atoms with van der Waals surface area (Å²) in [5, 5.41) is 0. The minimum atomic E-state index is -1.62. The van der Waals surface area contributed by atoms with Crippen LogP contribution in [-0.2, 0) is 4.43 Å². The molecule has 3 heteroatoms. The highest BCUT2D eigenvalue weighted by molar-refractivity contribution is 6.70. The van der Waals surface area contributed by atoms with Crippen LogP contribution >= 0.6 is 0 Å². The lowest BCUT2D eigenvalue weighted by molar-refractivity contribution is 0.293. The summed E-state index contributed by atoms with van der Waals surface area (Å²) >= 11 is 0. The summed E-state index contributed by atoms with van der Waals surface area (Å²) in [6.07, 6.45) is 5.68. The Morgan fingerprint density at radius 1 is 1.35 bits per heavy atom. The Bertz CT molecular complexity index is 379. The smallest absolute Gasteiger partial charge is 0.297 e. The van der Waals surface area contributed by atoms with Crippen molar-refractivity contribution in [1.29, 1.82) is 0 Å². The molecule has 92 valence electrons. The zero-order valence-electron chi connectivity index (χ0n) is 10.7. The van der Waals surface area contributed by atoms with Gasteiger partial charge in [-0.3, -0.25) is 0 Å². The normalized spacial score (nSPS) is 24.7. The van der Waals surface area contributed by atoms with E-state index < -0.39 is 8.48 Å². The van der Waals surface area contributed by atoms with E-state index in [0.29, 0.717) is 0 Å². The summed E-state index contributed by atoms with van der Waals surface area (Å²) in [5.74, 6) is 0. The van der Waals surface area contributed by atoms with Crippen molar-refractivity contribution < 1.29 is 4.43 Å². The summed E-state index contributed by atoms with van der Waals surface area (Å²) in [6.45, 7) is 6.39. The van der Waals surface area contributed by atoms with E-state index in [2.05, 4.69) is 54.6 Å². The fraction of sp³-hybridized carbons (Fsp3) is 0.429. The molecule has 0 N–H and O–H groups in total. The Kier molecular flexibility index (Phi) is 4.02. The highest BCUT2D eigenvalue weighted by Gasteiger charge is 2.39. The second kappa shape index (κ2) is 5.51. The van der Waals surface area contributed by atoms with E-state index in [1.165, 1.54) is 18.0 Å². The number of benzene rings is 1. The molecule has 2 nitrogen and oxygen atoms in total. The maximum atomic E-state index is 6.00. The predicted molar refractivity (Wildman–Crippen MR) is 74.9 cm³/mol. The van der Waals surface area contributed by atoms with Gasteiger partial charge in [0.2, 0.25) is 0 Å².